The quantitative estimate of drug-likeness (QED) is 0.793. The first kappa shape index (κ1) is 12.7. The van der Waals surface area contributed by atoms with Crippen LogP contribution in [0.5, 0.6) is 0 Å². The zero-order chi connectivity index (χ0) is 13.9. The number of imidazole rings is 1. The Morgan fingerprint density at radius 3 is 2.95 bits per heavy atom. The van der Waals surface area contributed by atoms with Crippen LogP contribution in [0.1, 0.15) is 22.4 Å². The molecule has 1 aliphatic heterocycles. The third-order valence-corrected chi connectivity index (χ3v) is 3.28. The maximum atomic E-state index is 12.4. The SMILES string of the molecule is Cn1ccnc1C(=O)N1CCO[C@H](c2cnccn2)C1. The van der Waals surface area contributed by atoms with E-state index in [9.17, 15) is 4.79 Å². The standard InChI is InChI=1S/C13H15N5O2/c1-17-5-4-16-12(17)13(19)18-6-7-20-11(9-18)10-8-14-2-3-15-10/h2-5,8,11H,6-7,9H2,1H3/t11-/m0/s1. The highest BCUT2D eigenvalue weighted by Crippen LogP contribution is 2.20. The van der Waals surface area contributed by atoms with Crippen LogP contribution in [0.4, 0.5) is 0 Å². The molecule has 3 rings (SSSR count). The fourth-order valence-corrected chi connectivity index (χ4v) is 2.20. The van der Waals surface area contributed by atoms with Gasteiger partial charge in [-0.1, -0.05) is 0 Å². The van der Waals surface area contributed by atoms with Crippen molar-refractivity contribution in [2.45, 2.75) is 6.10 Å². The molecule has 0 N–H and O–H groups in total. The van der Waals surface area contributed by atoms with Crippen molar-refractivity contribution in [3.05, 3.63) is 42.5 Å². The minimum atomic E-state index is -0.235. The fourth-order valence-electron chi connectivity index (χ4n) is 2.20. The minimum Gasteiger partial charge on any atom is -0.368 e. The average Bonchev–Trinajstić information content (AvgIpc) is 2.94. The summed E-state index contributed by atoms with van der Waals surface area (Å²) in [4.78, 5) is 26.5. The number of nitrogens with zero attached hydrogens (tertiary/aromatic N) is 5. The lowest BCUT2D eigenvalue weighted by Crippen LogP contribution is -2.43. The van der Waals surface area contributed by atoms with E-state index >= 15 is 0 Å². The van der Waals surface area contributed by atoms with Gasteiger partial charge in [0.25, 0.3) is 5.91 Å². The van der Waals surface area contributed by atoms with Gasteiger partial charge in [0.15, 0.2) is 5.82 Å². The van der Waals surface area contributed by atoms with Crippen molar-refractivity contribution in [3.8, 4) is 0 Å². The molecule has 7 heteroatoms. The van der Waals surface area contributed by atoms with Crippen molar-refractivity contribution in [1.29, 1.82) is 0 Å². The molecule has 0 bridgehead atoms. The molecule has 1 amide bonds. The number of hydrogen-bond donors (Lipinski definition) is 0. The zero-order valence-electron chi connectivity index (χ0n) is 11.1. The summed E-state index contributed by atoms with van der Waals surface area (Å²) in [5, 5.41) is 0. The van der Waals surface area contributed by atoms with Crippen LogP contribution in [0, 0.1) is 0 Å². The number of morpholine rings is 1. The molecule has 0 spiro atoms. The van der Waals surface area contributed by atoms with Crippen LogP contribution in [-0.4, -0.2) is 50.0 Å². The largest absolute Gasteiger partial charge is 0.368 e. The Hall–Kier alpha value is -2.28. The van der Waals surface area contributed by atoms with Crippen LogP contribution < -0.4 is 0 Å². The molecule has 0 saturated carbocycles. The van der Waals surface area contributed by atoms with Crippen molar-refractivity contribution in [3.63, 3.8) is 0 Å². The van der Waals surface area contributed by atoms with Crippen LogP contribution in [0.2, 0.25) is 0 Å². The third kappa shape index (κ3) is 2.39. The van der Waals surface area contributed by atoms with Crippen molar-refractivity contribution < 1.29 is 9.53 Å². The van der Waals surface area contributed by atoms with Gasteiger partial charge in [0.1, 0.15) is 6.10 Å². The number of carbonyl (C=O) groups excluding carboxylic acids is 1. The molecule has 0 aromatic carbocycles. The second-order valence-electron chi connectivity index (χ2n) is 4.60. The van der Waals surface area contributed by atoms with Gasteiger partial charge in [-0.3, -0.25) is 14.8 Å². The van der Waals surface area contributed by atoms with Gasteiger partial charge in [0.2, 0.25) is 0 Å². The van der Waals surface area contributed by atoms with Crippen molar-refractivity contribution in [1.82, 2.24) is 24.4 Å². The van der Waals surface area contributed by atoms with Gasteiger partial charge < -0.3 is 14.2 Å². The predicted octanol–water partition coefficient (Wildman–Crippen LogP) is 0.424. The highest BCUT2D eigenvalue weighted by molar-refractivity contribution is 5.90. The number of rotatable bonds is 2. The normalized spacial score (nSPS) is 19.1. The third-order valence-electron chi connectivity index (χ3n) is 3.28. The lowest BCUT2D eigenvalue weighted by Gasteiger charge is -2.32. The highest BCUT2D eigenvalue weighted by Gasteiger charge is 2.28. The van der Waals surface area contributed by atoms with Crippen LogP contribution >= 0.6 is 0 Å². The van der Waals surface area contributed by atoms with E-state index in [4.69, 9.17) is 4.74 Å². The highest BCUT2D eigenvalue weighted by atomic mass is 16.5. The molecule has 1 fully saturated rings. The van der Waals surface area contributed by atoms with Gasteiger partial charge in [-0.05, 0) is 0 Å². The number of carbonyl (C=O) groups is 1. The Kier molecular flexibility index (Phi) is 3.42. The molecular weight excluding hydrogens is 258 g/mol. The van der Waals surface area contributed by atoms with E-state index in [0.29, 0.717) is 25.5 Å². The summed E-state index contributed by atoms with van der Waals surface area (Å²) in [6.45, 7) is 1.50. The molecule has 3 heterocycles. The first-order valence-corrected chi connectivity index (χ1v) is 6.40. The lowest BCUT2D eigenvalue weighted by molar-refractivity contribution is -0.0254. The summed E-state index contributed by atoms with van der Waals surface area (Å²) in [5.41, 5.74) is 0.741. The molecule has 0 radical (unpaired) electrons. The number of aromatic nitrogens is 4. The molecule has 2 aromatic rings. The first-order valence-electron chi connectivity index (χ1n) is 6.40. The molecule has 1 saturated heterocycles. The number of amides is 1. The van der Waals surface area contributed by atoms with E-state index in [2.05, 4.69) is 15.0 Å². The first-order chi connectivity index (χ1) is 9.75. The topological polar surface area (TPSA) is 73.1 Å². The Labute approximate surface area is 116 Å². The molecular formula is C13H15N5O2. The van der Waals surface area contributed by atoms with Gasteiger partial charge in [-0.15, -0.1) is 0 Å². The van der Waals surface area contributed by atoms with Crippen LogP contribution in [0.25, 0.3) is 0 Å². The maximum absolute atomic E-state index is 12.4. The van der Waals surface area contributed by atoms with Crippen LogP contribution in [0.15, 0.2) is 31.0 Å². The summed E-state index contributed by atoms with van der Waals surface area (Å²) in [7, 11) is 1.81. The van der Waals surface area contributed by atoms with E-state index < -0.39 is 0 Å². The monoisotopic (exact) mass is 273 g/mol. The van der Waals surface area contributed by atoms with Crippen molar-refractivity contribution >= 4 is 5.91 Å². The maximum Gasteiger partial charge on any atom is 0.290 e. The van der Waals surface area contributed by atoms with Gasteiger partial charge in [0.05, 0.1) is 25.0 Å². The van der Waals surface area contributed by atoms with E-state index in [1.54, 1.807) is 47.5 Å². The van der Waals surface area contributed by atoms with E-state index in [1.807, 2.05) is 0 Å². The molecule has 1 aliphatic rings. The van der Waals surface area contributed by atoms with Crippen LogP contribution in [0.3, 0.4) is 0 Å². The lowest BCUT2D eigenvalue weighted by atomic mass is 10.2. The van der Waals surface area contributed by atoms with E-state index in [0.717, 1.165) is 5.69 Å². The second kappa shape index (κ2) is 5.38. The van der Waals surface area contributed by atoms with Gasteiger partial charge >= 0.3 is 0 Å². The number of hydrogen-bond acceptors (Lipinski definition) is 5. The smallest absolute Gasteiger partial charge is 0.290 e. The number of aryl methyl sites for hydroxylation is 1. The van der Waals surface area contributed by atoms with Crippen LogP contribution in [-0.2, 0) is 11.8 Å². The average molecular weight is 273 g/mol. The van der Waals surface area contributed by atoms with Gasteiger partial charge in [-0.25, -0.2) is 4.98 Å². The molecule has 2 aromatic heterocycles. The molecule has 7 nitrogen and oxygen atoms in total. The zero-order valence-corrected chi connectivity index (χ0v) is 11.1. The minimum absolute atomic E-state index is 0.0882. The summed E-state index contributed by atoms with van der Waals surface area (Å²) in [6, 6.07) is 0. The second-order valence-corrected chi connectivity index (χ2v) is 4.60. The molecule has 20 heavy (non-hydrogen) atoms. The molecule has 0 unspecified atom stereocenters. The summed E-state index contributed by atoms with van der Waals surface area (Å²) >= 11 is 0. The van der Waals surface area contributed by atoms with Gasteiger partial charge in [-0.2, -0.15) is 0 Å². The van der Waals surface area contributed by atoms with Crippen molar-refractivity contribution in [2.75, 3.05) is 19.7 Å². The Bertz CT molecular complexity index is 598. The van der Waals surface area contributed by atoms with E-state index in [-0.39, 0.29) is 12.0 Å². The van der Waals surface area contributed by atoms with E-state index in [1.165, 1.54) is 0 Å². The summed E-state index contributed by atoms with van der Waals surface area (Å²) in [5.74, 6) is 0.347. The summed E-state index contributed by atoms with van der Waals surface area (Å²) in [6.07, 6.45) is 8.05. The van der Waals surface area contributed by atoms with Crippen molar-refractivity contribution in [2.24, 2.45) is 7.05 Å². The van der Waals surface area contributed by atoms with Gasteiger partial charge in [0, 0.05) is 38.4 Å². The Balaban J connectivity index is 1.76. The Morgan fingerprint density at radius 2 is 2.25 bits per heavy atom. The molecule has 104 valence electrons. The summed E-state index contributed by atoms with van der Waals surface area (Å²) < 4.78 is 7.39. The molecule has 0 aliphatic carbocycles. The predicted molar refractivity (Wildman–Crippen MR) is 69.8 cm³/mol. The number of ether oxygens (including phenoxy) is 1. The molecule has 1 atom stereocenters. The fraction of sp³-hybridized carbons (Fsp3) is 0.385. The Morgan fingerprint density at radius 1 is 1.35 bits per heavy atom.